The van der Waals surface area contributed by atoms with Crippen molar-refractivity contribution in [3.05, 3.63) is 35.1 Å². The Morgan fingerprint density at radius 3 is 2.05 bits per heavy atom. The fourth-order valence-electron chi connectivity index (χ4n) is 2.60. The number of fused-ring (bicyclic) bond motifs is 1. The summed E-state index contributed by atoms with van der Waals surface area (Å²) in [7, 11) is 0. The van der Waals surface area contributed by atoms with E-state index in [0.29, 0.717) is 5.15 Å². The number of halogens is 1. The molecule has 1 aromatic heterocycles. The predicted octanol–water partition coefficient (Wildman–Crippen LogP) is 5.97. The molecule has 1 aromatic carbocycles. The number of para-hydroxylation sites is 2. The fourth-order valence-corrected chi connectivity index (χ4v) is 2.83. The zero-order chi connectivity index (χ0) is 14.9. The molecular weight excluding hydrogens is 280 g/mol. The number of hydrogen-bond acceptors (Lipinski definition) is 2. The average molecular weight is 305 g/mol. The molecule has 2 nitrogen and oxygen atoms in total. The van der Waals surface area contributed by atoms with Crippen molar-refractivity contribution < 1.29 is 0 Å². The van der Waals surface area contributed by atoms with Crippen molar-refractivity contribution in [2.45, 2.75) is 64.7 Å². The molecule has 0 saturated carbocycles. The van der Waals surface area contributed by atoms with E-state index < -0.39 is 0 Å². The smallest absolute Gasteiger partial charge is 0.151 e. The Hall–Kier alpha value is -1.15. The van der Waals surface area contributed by atoms with Crippen LogP contribution < -0.4 is 0 Å². The van der Waals surface area contributed by atoms with E-state index in [0.717, 1.165) is 29.6 Å². The van der Waals surface area contributed by atoms with Gasteiger partial charge in [0.05, 0.1) is 16.7 Å². The second kappa shape index (κ2) is 8.99. The highest BCUT2D eigenvalue weighted by molar-refractivity contribution is 6.30. The van der Waals surface area contributed by atoms with Crippen LogP contribution in [0.25, 0.3) is 11.0 Å². The van der Waals surface area contributed by atoms with Gasteiger partial charge in [-0.25, -0.2) is 9.97 Å². The summed E-state index contributed by atoms with van der Waals surface area (Å²) in [6.07, 6.45) is 11.5. The minimum atomic E-state index is 0.566. The maximum Gasteiger partial charge on any atom is 0.151 e. The van der Waals surface area contributed by atoms with E-state index in [-0.39, 0.29) is 0 Å². The summed E-state index contributed by atoms with van der Waals surface area (Å²) in [5.41, 5.74) is 2.76. The lowest BCUT2D eigenvalue weighted by molar-refractivity contribution is 0.574. The predicted molar refractivity (Wildman–Crippen MR) is 90.9 cm³/mol. The molecule has 0 radical (unpaired) electrons. The Morgan fingerprint density at radius 1 is 0.810 bits per heavy atom. The van der Waals surface area contributed by atoms with Crippen molar-refractivity contribution in [3.63, 3.8) is 0 Å². The topological polar surface area (TPSA) is 25.8 Å². The molecule has 21 heavy (non-hydrogen) atoms. The van der Waals surface area contributed by atoms with E-state index in [2.05, 4.69) is 16.9 Å². The van der Waals surface area contributed by atoms with Gasteiger partial charge >= 0.3 is 0 Å². The third-order valence-electron chi connectivity index (χ3n) is 3.86. The quantitative estimate of drug-likeness (QED) is 0.534. The van der Waals surface area contributed by atoms with Crippen LogP contribution in [0.1, 0.15) is 64.0 Å². The standard InChI is InChI=1S/C18H25ClN2/c1-2-3-4-5-6-7-8-9-14-17-18(19)21-16-13-11-10-12-15(16)20-17/h10-13H,2-9,14H2,1H3. The van der Waals surface area contributed by atoms with E-state index in [4.69, 9.17) is 11.6 Å². The number of nitrogens with zero attached hydrogens (tertiary/aromatic N) is 2. The van der Waals surface area contributed by atoms with Crippen LogP contribution in [0.2, 0.25) is 5.15 Å². The number of aryl methyl sites for hydroxylation is 1. The van der Waals surface area contributed by atoms with Crippen LogP contribution in [0.15, 0.2) is 24.3 Å². The van der Waals surface area contributed by atoms with E-state index in [1.165, 1.54) is 44.9 Å². The zero-order valence-corrected chi connectivity index (χ0v) is 13.7. The van der Waals surface area contributed by atoms with Crippen LogP contribution in [0, 0.1) is 0 Å². The van der Waals surface area contributed by atoms with Crippen LogP contribution in [0.5, 0.6) is 0 Å². The maximum absolute atomic E-state index is 6.23. The molecule has 0 spiro atoms. The summed E-state index contributed by atoms with van der Waals surface area (Å²) >= 11 is 6.23. The molecule has 3 heteroatoms. The second-order valence-corrected chi connectivity index (χ2v) is 6.03. The Kier molecular flexibility index (Phi) is 6.94. The molecule has 2 rings (SSSR count). The van der Waals surface area contributed by atoms with Crippen LogP contribution >= 0.6 is 11.6 Å². The molecule has 1 heterocycles. The molecule has 0 unspecified atom stereocenters. The van der Waals surface area contributed by atoms with E-state index in [9.17, 15) is 0 Å². The molecule has 0 aliphatic heterocycles. The van der Waals surface area contributed by atoms with Gasteiger partial charge in [-0.05, 0) is 25.0 Å². The molecule has 0 saturated heterocycles. The van der Waals surface area contributed by atoms with Gasteiger partial charge in [0.2, 0.25) is 0 Å². The van der Waals surface area contributed by atoms with Gasteiger partial charge in [-0.3, -0.25) is 0 Å². The van der Waals surface area contributed by atoms with Gasteiger partial charge in [0, 0.05) is 0 Å². The SMILES string of the molecule is CCCCCCCCCCc1nc2ccccc2nc1Cl. The first-order valence-corrected chi connectivity index (χ1v) is 8.60. The zero-order valence-electron chi connectivity index (χ0n) is 12.9. The molecule has 0 N–H and O–H groups in total. The third kappa shape index (κ3) is 5.28. The highest BCUT2D eigenvalue weighted by Gasteiger charge is 2.06. The van der Waals surface area contributed by atoms with Crippen molar-refractivity contribution in [3.8, 4) is 0 Å². The summed E-state index contributed by atoms with van der Waals surface area (Å²) in [5, 5.41) is 0.566. The molecule has 0 aliphatic rings. The molecule has 0 fully saturated rings. The van der Waals surface area contributed by atoms with Gasteiger partial charge in [-0.1, -0.05) is 75.6 Å². The largest absolute Gasteiger partial charge is 0.248 e. The van der Waals surface area contributed by atoms with Crippen LogP contribution in [0.4, 0.5) is 0 Å². The first-order valence-electron chi connectivity index (χ1n) is 8.22. The van der Waals surface area contributed by atoms with Gasteiger partial charge in [0.15, 0.2) is 5.15 Å². The molecule has 0 amide bonds. The third-order valence-corrected chi connectivity index (χ3v) is 4.16. The first kappa shape index (κ1) is 16.2. The Bertz CT molecular complexity index is 554. The lowest BCUT2D eigenvalue weighted by Gasteiger charge is -2.05. The normalized spacial score (nSPS) is 11.1. The summed E-state index contributed by atoms with van der Waals surface area (Å²) in [5.74, 6) is 0. The molecule has 0 bridgehead atoms. The van der Waals surface area contributed by atoms with Crippen molar-refractivity contribution in [2.75, 3.05) is 0 Å². The van der Waals surface area contributed by atoms with Crippen LogP contribution in [-0.4, -0.2) is 9.97 Å². The van der Waals surface area contributed by atoms with Crippen molar-refractivity contribution >= 4 is 22.6 Å². The average Bonchev–Trinajstić information content (AvgIpc) is 2.50. The minimum absolute atomic E-state index is 0.566. The van der Waals surface area contributed by atoms with Gasteiger partial charge in [0.25, 0.3) is 0 Å². The number of rotatable bonds is 9. The highest BCUT2D eigenvalue weighted by atomic mass is 35.5. The number of hydrogen-bond donors (Lipinski definition) is 0. The highest BCUT2D eigenvalue weighted by Crippen LogP contribution is 2.19. The van der Waals surface area contributed by atoms with E-state index in [1.807, 2.05) is 24.3 Å². The van der Waals surface area contributed by atoms with Gasteiger partial charge < -0.3 is 0 Å². The molecule has 114 valence electrons. The summed E-state index contributed by atoms with van der Waals surface area (Å²) in [6, 6.07) is 7.90. The monoisotopic (exact) mass is 304 g/mol. The molecule has 2 aromatic rings. The van der Waals surface area contributed by atoms with Crippen molar-refractivity contribution in [1.82, 2.24) is 9.97 Å². The first-order chi connectivity index (χ1) is 10.3. The van der Waals surface area contributed by atoms with E-state index >= 15 is 0 Å². The minimum Gasteiger partial charge on any atom is -0.248 e. The van der Waals surface area contributed by atoms with Gasteiger partial charge in [-0.2, -0.15) is 0 Å². The molecule has 0 atom stereocenters. The Balaban J connectivity index is 1.74. The van der Waals surface area contributed by atoms with Crippen molar-refractivity contribution in [2.24, 2.45) is 0 Å². The number of unbranched alkanes of at least 4 members (excludes halogenated alkanes) is 7. The molecule has 0 aliphatic carbocycles. The fraction of sp³-hybridized carbons (Fsp3) is 0.556. The number of aromatic nitrogens is 2. The molecular formula is C18H25ClN2. The number of benzene rings is 1. The van der Waals surface area contributed by atoms with Crippen LogP contribution in [-0.2, 0) is 6.42 Å². The summed E-state index contributed by atoms with van der Waals surface area (Å²) in [4.78, 5) is 9.07. The lowest BCUT2D eigenvalue weighted by atomic mass is 10.1. The maximum atomic E-state index is 6.23. The lowest BCUT2D eigenvalue weighted by Crippen LogP contribution is -1.96. The Labute approximate surface area is 133 Å². The van der Waals surface area contributed by atoms with Crippen molar-refractivity contribution in [1.29, 1.82) is 0 Å². The Morgan fingerprint density at radius 2 is 1.38 bits per heavy atom. The van der Waals surface area contributed by atoms with E-state index in [1.54, 1.807) is 0 Å². The summed E-state index contributed by atoms with van der Waals surface area (Å²) < 4.78 is 0. The van der Waals surface area contributed by atoms with Gasteiger partial charge in [-0.15, -0.1) is 0 Å². The van der Waals surface area contributed by atoms with Crippen LogP contribution in [0.3, 0.4) is 0 Å². The van der Waals surface area contributed by atoms with Gasteiger partial charge in [0.1, 0.15) is 0 Å². The second-order valence-electron chi connectivity index (χ2n) is 5.67. The summed E-state index contributed by atoms with van der Waals surface area (Å²) in [6.45, 7) is 2.26.